The zero-order valence-corrected chi connectivity index (χ0v) is 12.8. The van der Waals surface area contributed by atoms with E-state index in [1.54, 1.807) is 24.3 Å². The van der Waals surface area contributed by atoms with Crippen molar-refractivity contribution in [3.05, 3.63) is 35.4 Å². The van der Waals surface area contributed by atoms with Crippen molar-refractivity contribution in [3.63, 3.8) is 0 Å². The van der Waals surface area contributed by atoms with Gasteiger partial charge in [-0.05, 0) is 57.9 Å². The van der Waals surface area contributed by atoms with Gasteiger partial charge in [0.15, 0.2) is 0 Å². The molecule has 0 saturated carbocycles. The largest absolute Gasteiger partial charge is 0.396 e. The summed E-state index contributed by atoms with van der Waals surface area (Å²) in [4.78, 5) is 23.8. The van der Waals surface area contributed by atoms with Crippen molar-refractivity contribution < 1.29 is 14.7 Å². The lowest BCUT2D eigenvalue weighted by molar-refractivity contribution is 0.0927. The second-order valence-corrected chi connectivity index (χ2v) is 5.45. The van der Waals surface area contributed by atoms with E-state index in [2.05, 4.69) is 10.6 Å². The molecule has 0 aliphatic carbocycles. The van der Waals surface area contributed by atoms with Gasteiger partial charge in [-0.3, -0.25) is 9.59 Å². The molecule has 1 unspecified atom stereocenters. The number of aliphatic hydroxyl groups excluding tert-OH is 1. The Hall–Kier alpha value is -1.88. The Bertz CT molecular complexity index is 469. The lowest BCUT2D eigenvalue weighted by Gasteiger charge is -2.13. The lowest BCUT2D eigenvalue weighted by Crippen LogP contribution is -2.33. The molecule has 1 rings (SSSR count). The van der Waals surface area contributed by atoms with Gasteiger partial charge in [0.25, 0.3) is 11.8 Å². The molecule has 5 heteroatoms. The highest BCUT2D eigenvalue weighted by Gasteiger charge is 2.11. The smallest absolute Gasteiger partial charge is 0.251 e. The standard InChI is InChI=1S/C16H24N2O3/c1-11(2)17-15(20)13-6-8-14(9-7-13)16(21)18-12(3)5-4-10-19/h6-9,11-12,19H,4-5,10H2,1-3H3,(H,17,20)(H,18,21). The number of hydrogen-bond donors (Lipinski definition) is 3. The summed E-state index contributed by atoms with van der Waals surface area (Å²) in [5, 5.41) is 14.4. The van der Waals surface area contributed by atoms with E-state index < -0.39 is 0 Å². The van der Waals surface area contributed by atoms with Gasteiger partial charge in [0.2, 0.25) is 0 Å². The number of nitrogens with one attached hydrogen (secondary N) is 2. The van der Waals surface area contributed by atoms with Gasteiger partial charge in [-0.1, -0.05) is 0 Å². The third-order valence-electron chi connectivity index (χ3n) is 3.00. The van der Waals surface area contributed by atoms with E-state index in [4.69, 9.17) is 5.11 Å². The fourth-order valence-corrected chi connectivity index (χ4v) is 1.90. The SMILES string of the molecule is CC(C)NC(=O)c1ccc(C(=O)NC(C)CCCO)cc1. The summed E-state index contributed by atoms with van der Waals surface area (Å²) in [5.74, 6) is -0.315. The Morgan fingerprint density at radius 2 is 1.48 bits per heavy atom. The van der Waals surface area contributed by atoms with E-state index in [0.717, 1.165) is 6.42 Å². The first-order chi connectivity index (χ1) is 9.93. The Balaban J connectivity index is 2.61. The van der Waals surface area contributed by atoms with Crippen LogP contribution in [0.25, 0.3) is 0 Å². The molecule has 1 aromatic carbocycles. The third kappa shape index (κ3) is 5.95. The molecule has 2 amide bonds. The monoisotopic (exact) mass is 292 g/mol. The number of amides is 2. The zero-order valence-electron chi connectivity index (χ0n) is 12.8. The Morgan fingerprint density at radius 3 is 1.90 bits per heavy atom. The minimum Gasteiger partial charge on any atom is -0.396 e. The van der Waals surface area contributed by atoms with Crippen LogP contribution < -0.4 is 10.6 Å². The van der Waals surface area contributed by atoms with Gasteiger partial charge in [-0.25, -0.2) is 0 Å². The Labute approximate surface area is 125 Å². The average Bonchev–Trinajstić information content (AvgIpc) is 2.44. The van der Waals surface area contributed by atoms with Gasteiger partial charge in [0, 0.05) is 29.8 Å². The number of carbonyl (C=O) groups excluding carboxylic acids is 2. The molecule has 116 valence electrons. The van der Waals surface area contributed by atoms with Crippen LogP contribution >= 0.6 is 0 Å². The van der Waals surface area contributed by atoms with E-state index in [9.17, 15) is 9.59 Å². The number of carbonyl (C=O) groups is 2. The summed E-state index contributed by atoms with van der Waals surface area (Å²) in [6.45, 7) is 5.82. The fourth-order valence-electron chi connectivity index (χ4n) is 1.90. The second-order valence-electron chi connectivity index (χ2n) is 5.45. The number of benzene rings is 1. The maximum absolute atomic E-state index is 12.0. The van der Waals surface area contributed by atoms with Crippen molar-refractivity contribution in [2.24, 2.45) is 0 Å². The minimum atomic E-state index is -0.170. The van der Waals surface area contributed by atoms with Gasteiger partial charge in [-0.2, -0.15) is 0 Å². The van der Waals surface area contributed by atoms with Crippen LogP contribution in [0.2, 0.25) is 0 Å². The van der Waals surface area contributed by atoms with Gasteiger partial charge in [0.05, 0.1) is 0 Å². The highest BCUT2D eigenvalue weighted by atomic mass is 16.3. The molecule has 0 saturated heterocycles. The molecule has 0 radical (unpaired) electrons. The number of rotatable bonds is 7. The predicted octanol–water partition coefficient (Wildman–Crippen LogP) is 1.72. The van der Waals surface area contributed by atoms with Gasteiger partial charge >= 0.3 is 0 Å². The van der Waals surface area contributed by atoms with Gasteiger partial charge < -0.3 is 15.7 Å². The molecule has 1 aromatic rings. The Morgan fingerprint density at radius 1 is 1.00 bits per heavy atom. The summed E-state index contributed by atoms with van der Waals surface area (Å²) in [6, 6.07) is 6.66. The van der Waals surface area contributed by atoms with E-state index in [1.165, 1.54) is 0 Å². The van der Waals surface area contributed by atoms with Crippen LogP contribution in [-0.4, -0.2) is 35.6 Å². The molecular weight excluding hydrogens is 268 g/mol. The molecule has 0 aliphatic heterocycles. The summed E-state index contributed by atoms with van der Waals surface area (Å²) >= 11 is 0. The number of hydrogen-bond acceptors (Lipinski definition) is 3. The van der Waals surface area contributed by atoms with Crippen LogP contribution in [0.1, 0.15) is 54.3 Å². The second kappa shape index (κ2) is 8.42. The molecule has 5 nitrogen and oxygen atoms in total. The zero-order chi connectivity index (χ0) is 15.8. The molecule has 0 aliphatic rings. The van der Waals surface area contributed by atoms with Crippen molar-refractivity contribution in [2.45, 2.75) is 45.7 Å². The summed E-state index contributed by atoms with van der Waals surface area (Å²) in [7, 11) is 0. The highest BCUT2D eigenvalue weighted by Crippen LogP contribution is 2.06. The van der Waals surface area contributed by atoms with Crippen molar-refractivity contribution in [1.29, 1.82) is 0 Å². The van der Waals surface area contributed by atoms with Crippen LogP contribution in [0.5, 0.6) is 0 Å². The van der Waals surface area contributed by atoms with Crippen molar-refractivity contribution in [1.82, 2.24) is 10.6 Å². The maximum atomic E-state index is 12.0. The average molecular weight is 292 g/mol. The first kappa shape index (κ1) is 17.2. The van der Waals surface area contributed by atoms with Crippen molar-refractivity contribution in [2.75, 3.05) is 6.61 Å². The van der Waals surface area contributed by atoms with E-state index in [0.29, 0.717) is 17.5 Å². The Kier molecular flexibility index (Phi) is 6.88. The summed E-state index contributed by atoms with van der Waals surface area (Å²) in [5.41, 5.74) is 1.06. The molecule has 1 atom stereocenters. The molecule has 21 heavy (non-hydrogen) atoms. The predicted molar refractivity (Wildman–Crippen MR) is 82.3 cm³/mol. The summed E-state index contributed by atoms with van der Waals surface area (Å²) in [6.07, 6.45) is 1.40. The molecular formula is C16H24N2O3. The molecule has 0 heterocycles. The minimum absolute atomic E-state index is 0.00793. The molecule has 0 spiro atoms. The molecule has 3 N–H and O–H groups in total. The highest BCUT2D eigenvalue weighted by molar-refractivity contribution is 5.97. The molecule has 0 aromatic heterocycles. The lowest BCUT2D eigenvalue weighted by atomic mass is 10.1. The molecule has 0 bridgehead atoms. The first-order valence-corrected chi connectivity index (χ1v) is 7.26. The van der Waals surface area contributed by atoms with Crippen molar-refractivity contribution in [3.8, 4) is 0 Å². The van der Waals surface area contributed by atoms with Crippen LogP contribution in [-0.2, 0) is 0 Å². The van der Waals surface area contributed by atoms with E-state index >= 15 is 0 Å². The molecule has 0 fully saturated rings. The topological polar surface area (TPSA) is 78.4 Å². The van der Waals surface area contributed by atoms with Crippen LogP contribution in [0, 0.1) is 0 Å². The van der Waals surface area contributed by atoms with Gasteiger partial charge in [-0.15, -0.1) is 0 Å². The van der Waals surface area contributed by atoms with E-state index in [1.807, 2.05) is 20.8 Å². The van der Waals surface area contributed by atoms with Gasteiger partial charge in [0.1, 0.15) is 0 Å². The number of aliphatic hydroxyl groups is 1. The van der Waals surface area contributed by atoms with Crippen LogP contribution in [0.4, 0.5) is 0 Å². The van der Waals surface area contributed by atoms with Crippen LogP contribution in [0.3, 0.4) is 0 Å². The normalized spacial score (nSPS) is 12.0. The van der Waals surface area contributed by atoms with Crippen LogP contribution in [0.15, 0.2) is 24.3 Å². The third-order valence-corrected chi connectivity index (χ3v) is 3.00. The van der Waals surface area contributed by atoms with Crippen molar-refractivity contribution >= 4 is 11.8 Å². The van der Waals surface area contributed by atoms with E-state index in [-0.39, 0.29) is 30.5 Å². The first-order valence-electron chi connectivity index (χ1n) is 7.26. The summed E-state index contributed by atoms with van der Waals surface area (Å²) < 4.78 is 0. The fraction of sp³-hybridized carbons (Fsp3) is 0.500. The maximum Gasteiger partial charge on any atom is 0.251 e. The quantitative estimate of drug-likeness (QED) is 0.716.